The van der Waals surface area contributed by atoms with E-state index in [4.69, 9.17) is 4.74 Å². The molecule has 24 heavy (non-hydrogen) atoms. The third kappa shape index (κ3) is 5.11. The van der Waals surface area contributed by atoms with E-state index in [1.807, 2.05) is 0 Å². The van der Waals surface area contributed by atoms with Crippen LogP contribution in [0.4, 0.5) is 4.79 Å². The fourth-order valence-electron chi connectivity index (χ4n) is 4.83. The van der Waals surface area contributed by atoms with E-state index in [0.29, 0.717) is 18.7 Å². The number of nitrogens with zero attached hydrogens (tertiary/aromatic N) is 2. The van der Waals surface area contributed by atoms with Crippen LogP contribution in [0.15, 0.2) is 0 Å². The van der Waals surface area contributed by atoms with E-state index >= 15 is 0 Å². The normalized spacial score (nSPS) is 24.7. The fourth-order valence-corrected chi connectivity index (χ4v) is 4.83. The molecule has 4 nitrogen and oxygen atoms in total. The maximum absolute atomic E-state index is 12.9. The van der Waals surface area contributed by atoms with Gasteiger partial charge in [-0.05, 0) is 51.6 Å². The van der Waals surface area contributed by atoms with Crippen LogP contribution >= 0.6 is 0 Å². The lowest BCUT2D eigenvalue weighted by atomic mass is 9.89. The fraction of sp³-hybridized carbons (Fsp3) is 0.950. The maximum atomic E-state index is 12.9. The summed E-state index contributed by atoms with van der Waals surface area (Å²) in [6, 6.07) is 0.869. The van der Waals surface area contributed by atoms with E-state index in [-0.39, 0.29) is 6.09 Å². The first-order chi connectivity index (χ1) is 11.8. The van der Waals surface area contributed by atoms with Gasteiger partial charge in [0.25, 0.3) is 0 Å². The SMILES string of the molecule is O=C(OCCN1CCCCC1)N(C1CCCCC1)C1CCCCC1. The predicted molar refractivity (Wildman–Crippen MR) is 97.2 cm³/mol. The Morgan fingerprint density at radius 1 is 0.792 bits per heavy atom. The molecule has 2 aliphatic carbocycles. The predicted octanol–water partition coefficient (Wildman–Crippen LogP) is 4.58. The van der Waals surface area contributed by atoms with Crippen LogP contribution in [-0.4, -0.2) is 54.2 Å². The minimum atomic E-state index is -0.0224. The van der Waals surface area contributed by atoms with Crippen molar-refractivity contribution in [3.05, 3.63) is 0 Å². The minimum Gasteiger partial charge on any atom is -0.448 e. The molecule has 0 atom stereocenters. The van der Waals surface area contributed by atoms with Crippen LogP contribution in [0, 0.1) is 0 Å². The molecule has 1 heterocycles. The van der Waals surface area contributed by atoms with Crippen LogP contribution in [0.25, 0.3) is 0 Å². The summed E-state index contributed by atoms with van der Waals surface area (Å²) in [6.07, 6.45) is 16.4. The van der Waals surface area contributed by atoms with E-state index in [9.17, 15) is 4.79 Å². The van der Waals surface area contributed by atoms with E-state index in [0.717, 1.165) is 6.54 Å². The van der Waals surface area contributed by atoms with Gasteiger partial charge in [-0.1, -0.05) is 44.9 Å². The number of likely N-dealkylation sites (tertiary alicyclic amines) is 1. The summed E-state index contributed by atoms with van der Waals surface area (Å²) < 4.78 is 5.76. The lowest BCUT2D eigenvalue weighted by molar-refractivity contribution is 0.0394. The van der Waals surface area contributed by atoms with Gasteiger partial charge in [0, 0.05) is 18.6 Å². The van der Waals surface area contributed by atoms with Crippen molar-refractivity contribution in [1.29, 1.82) is 0 Å². The van der Waals surface area contributed by atoms with Gasteiger partial charge in [-0.2, -0.15) is 0 Å². The highest BCUT2D eigenvalue weighted by atomic mass is 16.6. The molecule has 3 aliphatic rings. The zero-order valence-electron chi connectivity index (χ0n) is 15.4. The van der Waals surface area contributed by atoms with Gasteiger partial charge in [-0.15, -0.1) is 0 Å². The number of piperidine rings is 1. The van der Waals surface area contributed by atoms with Crippen molar-refractivity contribution >= 4 is 6.09 Å². The molecule has 0 radical (unpaired) electrons. The Morgan fingerprint density at radius 3 is 1.83 bits per heavy atom. The number of ether oxygens (including phenoxy) is 1. The average molecular weight is 337 g/mol. The molecule has 0 aromatic heterocycles. The highest BCUT2D eigenvalue weighted by Crippen LogP contribution is 2.30. The molecular weight excluding hydrogens is 300 g/mol. The van der Waals surface area contributed by atoms with Crippen LogP contribution in [0.2, 0.25) is 0 Å². The molecule has 3 rings (SSSR count). The molecule has 138 valence electrons. The Labute approximate surface area is 147 Å². The number of carbonyl (C=O) groups excluding carboxylic acids is 1. The standard InChI is InChI=1S/C20H36N2O2/c23-20(24-17-16-21-14-8-3-9-15-21)22(18-10-4-1-5-11-18)19-12-6-2-7-13-19/h18-19H,1-17H2. The number of rotatable bonds is 5. The lowest BCUT2D eigenvalue weighted by Gasteiger charge is -2.41. The van der Waals surface area contributed by atoms with Crippen LogP contribution in [-0.2, 0) is 4.74 Å². The highest BCUT2D eigenvalue weighted by Gasteiger charge is 2.33. The third-order valence-electron chi connectivity index (χ3n) is 6.23. The van der Waals surface area contributed by atoms with Crippen molar-refractivity contribution in [2.75, 3.05) is 26.2 Å². The molecular formula is C20H36N2O2. The zero-order chi connectivity index (χ0) is 16.6. The Balaban J connectivity index is 1.51. The minimum absolute atomic E-state index is 0.0224. The highest BCUT2D eigenvalue weighted by molar-refractivity contribution is 5.68. The molecule has 1 aliphatic heterocycles. The van der Waals surface area contributed by atoms with E-state index in [2.05, 4.69) is 9.80 Å². The van der Waals surface area contributed by atoms with Crippen molar-refractivity contribution < 1.29 is 9.53 Å². The first kappa shape index (κ1) is 18.0. The quantitative estimate of drug-likeness (QED) is 0.737. The van der Waals surface area contributed by atoms with E-state index in [1.54, 1.807) is 0 Å². The number of amides is 1. The van der Waals surface area contributed by atoms with Gasteiger partial charge in [0.05, 0.1) is 0 Å². The zero-order valence-corrected chi connectivity index (χ0v) is 15.4. The smallest absolute Gasteiger partial charge is 0.410 e. The van der Waals surface area contributed by atoms with Crippen molar-refractivity contribution in [2.24, 2.45) is 0 Å². The third-order valence-corrected chi connectivity index (χ3v) is 6.23. The molecule has 0 unspecified atom stereocenters. The Kier molecular flexibility index (Phi) is 7.25. The second-order valence-electron chi connectivity index (χ2n) is 8.01. The topological polar surface area (TPSA) is 32.8 Å². The molecule has 2 saturated carbocycles. The van der Waals surface area contributed by atoms with Gasteiger partial charge in [-0.3, -0.25) is 4.90 Å². The van der Waals surface area contributed by atoms with Crippen LogP contribution in [0.1, 0.15) is 83.5 Å². The summed E-state index contributed by atoms with van der Waals surface area (Å²) in [5.41, 5.74) is 0. The molecule has 1 saturated heterocycles. The summed E-state index contributed by atoms with van der Waals surface area (Å²) in [5.74, 6) is 0. The lowest BCUT2D eigenvalue weighted by Crippen LogP contribution is -2.49. The first-order valence-electron chi connectivity index (χ1n) is 10.5. The van der Waals surface area contributed by atoms with Gasteiger partial charge >= 0.3 is 6.09 Å². The van der Waals surface area contributed by atoms with Crippen LogP contribution in [0.5, 0.6) is 0 Å². The molecule has 0 spiro atoms. The molecule has 0 N–H and O–H groups in total. The maximum Gasteiger partial charge on any atom is 0.410 e. The number of carbonyl (C=O) groups is 1. The van der Waals surface area contributed by atoms with Crippen molar-refractivity contribution in [3.63, 3.8) is 0 Å². The molecule has 4 heteroatoms. The molecule has 0 bridgehead atoms. The first-order valence-corrected chi connectivity index (χ1v) is 10.5. The largest absolute Gasteiger partial charge is 0.448 e. The van der Waals surface area contributed by atoms with Crippen LogP contribution in [0.3, 0.4) is 0 Å². The average Bonchev–Trinajstić information content (AvgIpc) is 2.65. The van der Waals surface area contributed by atoms with Crippen molar-refractivity contribution in [2.45, 2.75) is 95.6 Å². The summed E-state index contributed by atoms with van der Waals surface area (Å²) in [7, 11) is 0. The van der Waals surface area contributed by atoms with E-state index < -0.39 is 0 Å². The van der Waals surface area contributed by atoms with Gasteiger partial charge < -0.3 is 9.64 Å². The molecule has 0 aromatic carbocycles. The summed E-state index contributed by atoms with van der Waals surface area (Å²) in [4.78, 5) is 17.5. The van der Waals surface area contributed by atoms with Gasteiger partial charge in [0.1, 0.15) is 6.61 Å². The summed E-state index contributed by atoms with van der Waals surface area (Å²) in [5, 5.41) is 0. The van der Waals surface area contributed by atoms with E-state index in [1.165, 1.54) is 96.6 Å². The number of hydrogen-bond acceptors (Lipinski definition) is 3. The molecule has 1 amide bonds. The van der Waals surface area contributed by atoms with Crippen molar-refractivity contribution in [3.8, 4) is 0 Å². The van der Waals surface area contributed by atoms with Crippen molar-refractivity contribution in [1.82, 2.24) is 9.80 Å². The summed E-state index contributed by atoms with van der Waals surface area (Å²) in [6.45, 7) is 3.82. The Hall–Kier alpha value is -0.770. The second kappa shape index (κ2) is 9.65. The monoisotopic (exact) mass is 336 g/mol. The molecule has 3 fully saturated rings. The van der Waals surface area contributed by atoms with Crippen LogP contribution < -0.4 is 0 Å². The Morgan fingerprint density at radius 2 is 1.29 bits per heavy atom. The number of hydrogen-bond donors (Lipinski definition) is 0. The van der Waals surface area contributed by atoms with Gasteiger partial charge in [0.15, 0.2) is 0 Å². The Bertz CT molecular complexity index is 352. The van der Waals surface area contributed by atoms with Gasteiger partial charge in [0.2, 0.25) is 0 Å². The molecule has 0 aromatic rings. The summed E-state index contributed by atoms with van der Waals surface area (Å²) >= 11 is 0. The second-order valence-corrected chi connectivity index (χ2v) is 8.01. The van der Waals surface area contributed by atoms with Gasteiger partial charge in [-0.25, -0.2) is 4.79 Å².